The van der Waals surface area contributed by atoms with E-state index in [0.717, 1.165) is 10.6 Å². The van der Waals surface area contributed by atoms with E-state index in [9.17, 15) is 13.2 Å². The lowest BCUT2D eigenvalue weighted by molar-refractivity contribution is 0.0945. The van der Waals surface area contributed by atoms with Crippen LogP contribution in [0.2, 0.25) is 0 Å². The van der Waals surface area contributed by atoms with E-state index >= 15 is 0 Å². The second-order valence-corrected chi connectivity index (χ2v) is 8.26. The zero-order chi connectivity index (χ0) is 14.9. The lowest BCUT2D eigenvalue weighted by Gasteiger charge is -2.09. The molecule has 5 nitrogen and oxygen atoms in total. The van der Waals surface area contributed by atoms with Crippen LogP contribution in [0.3, 0.4) is 0 Å². The molecule has 1 atom stereocenters. The Bertz CT molecular complexity index is 754. The van der Waals surface area contributed by atoms with Gasteiger partial charge in [-0.25, -0.2) is 8.42 Å². The maximum absolute atomic E-state index is 12.1. The summed E-state index contributed by atoms with van der Waals surface area (Å²) in [7, 11) is -2.98. The molecule has 0 aromatic carbocycles. The minimum atomic E-state index is -2.98. The molecule has 2 aromatic heterocycles. The zero-order valence-electron chi connectivity index (χ0n) is 11.2. The fourth-order valence-corrected chi connectivity index (χ4v) is 4.83. The number of nitrogens with zero attached hydrogens (tertiary/aromatic N) is 1. The number of hydrogen-bond acceptors (Lipinski definition) is 5. The Kier molecular flexibility index (Phi) is 3.77. The van der Waals surface area contributed by atoms with Gasteiger partial charge in [-0.1, -0.05) is 6.07 Å². The molecule has 0 radical (unpaired) electrons. The summed E-state index contributed by atoms with van der Waals surface area (Å²) in [6.07, 6.45) is 2.20. The second kappa shape index (κ2) is 5.57. The first-order valence-corrected chi connectivity index (χ1v) is 9.20. The van der Waals surface area contributed by atoms with Gasteiger partial charge in [0.05, 0.1) is 27.0 Å². The second-order valence-electron chi connectivity index (χ2n) is 4.95. The molecule has 3 heterocycles. The highest BCUT2D eigenvalue weighted by Gasteiger charge is 2.29. The van der Waals surface area contributed by atoms with Crippen LogP contribution < -0.4 is 5.32 Å². The number of carbonyl (C=O) groups is 1. The Hall–Kier alpha value is -1.73. The topological polar surface area (TPSA) is 76.1 Å². The molecule has 1 N–H and O–H groups in total. The van der Waals surface area contributed by atoms with E-state index in [2.05, 4.69) is 10.3 Å². The normalized spacial score (nSPS) is 20.3. The van der Waals surface area contributed by atoms with E-state index in [1.165, 1.54) is 11.3 Å². The number of aromatic nitrogens is 1. The largest absolute Gasteiger partial charge is 0.348 e. The SMILES string of the molecule is O=C(N[C@@H]1CCS(=O)(=O)C1)c1ccc(-c2ccccn2)s1. The smallest absolute Gasteiger partial charge is 0.261 e. The summed E-state index contributed by atoms with van der Waals surface area (Å²) in [5, 5.41) is 2.79. The van der Waals surface area contributed by atoms with Crippen LogP contribution in [-0.2, 0) is 9.84 Å². The van der Waals surface area contributed by atoms with Crippen molar-refractivity contribution < 1.29 is 13.2 Å². The van der Waals surface area contributed by atoms with Gasteiger partial charge in [0, 0.05) is 12.2 Å². The molecule has 0 spiro atoms. The van der Waals surface area contributed by atoms with Crippen molar-refractivity contribution in [3.05, 3.63) is 41.4 Å². The van der Waals surface area contributed by atoms with E-state index in [1.54, 1.807) is 12.3 Å². The number of thiophene rings is 1. The predicted octanol–water partition coefficient (Wildman–Crippen LogP) is 1.73. The number of hydrogen-bond donors (Lipinski definition) is 1. The van der Waals surface area contributed by atoms with Gasteiger partial charge in [-0.3, -0.25) is 9.78 Å². The van der Waals surface area contributed by atoms with Crippen molar-refractivity contribution in [2.45, 2.75) is 12.5 Å². The minimum Gasteiger partial charge on any atom is -0.348 e. The fourth-order valence-electron chi connectivity index (χ4n) is 2.27. The van der Waals surface area contributed by atoms with Crippen LogP contribution in [0.15, 0.2) is 36.5 Å². The third-order valence-corrected chi connectivity index (χ3v) is 6.19. The van der Waals surface area contributed by atoms with Crippen LogP contribution >= 0.6 is 11.3 Å². The van der Waals surface area contributed by atoms with E-state index in [-0.39, 0.29) is 23.5 Å². The van der Waals surface area contributed by atoms with Crippen molar-refractivity contribution in [2.24, 2.45) is 0 Å². The summed E-state index contributed by atoms with van der Waals surface area (Å²) in [6.45, 7) is 0. The molecule has 1 aliphatic rings. The molecule has 1 aliphatic heterocycles. The Morgan fingerprint density at radius 2 is 2.14 bits per heavy atom. The van der Waals surface area contributed by atoms with E-state index < -0.39 is 9.84 Å². The Labute approximate surface area is 127 Å². The number of nitrogens with one attached hydrogen (secondary N) is 1. The van der Waals surface area contributed by atoms with E-state index in [0.29, 0.717) is 11.3 Å². The van der Waals surface area contributed by atoms with E-state index in [4.69, 9.17) is 0 Å². The summed E-state index contributed by atoms with van der Waals surface area (Å²) < 4.78 is 22.8. The van der Waals surface area contributed by atoms with Crippen molar-refractivity contribution in [1.82, 2.24) is 10.3 Å². The predicted molar refractivity (Wildman–Crippen MR) is 82.1 cm³/mol. The first-order valence-electron chi connectivity index (χ1n) is 6.56. The molecule has 1 amide bonds. The van der Waals surface area contributed by atoms with Gasteiger partial charge in [0.2, 0.25) is 0 Å². The van der Waals surface area contributed by atoms with Gasteiger partial charge in [-0.2, -0.15) is 0 Å². The molecule has 0 saturated carbocycles. The van der Waals surface area contributed by atoms with Gasteiger partial charge < -0.3 is 5.32 Å². The monoisotopic (exact) mass is 322 g/mol. The highest BCUT2D eigenvalue weighted by Crippen LogP contribution is 2.26. The van der Waals surface area contributed by atoms with Gasteiger partial charge in [0.1, 0.15) is 0 Å². The van der Waals surface area contributed by atoms with Crippen LogP contribution in [0, 0.1) is 0 Å². The molecule has 1 saturated heterocycles. The number of rotatable bonds is 3. The lowest BCUT2D eigenvalue weighted by Crippen LogP contribution is -2.35. The molecule has 3 rings (SSSR count). The third kappa shape index (κ3) is 3.30. The van der Waals surface area contributed by atoms with Crippen LogP contribution in [-0.4, -0.2) is 36.9 Å². The summed E-state index contributed by atoms with van der Waals surface area (Å²) in [5.41, 5.74) is 0.824. The van der Waals surface area contributed by atoms with Gasteiger partial charge in [0.25, 0.3) is 5.91 Å². The molecule has 1 fully saturated rings. The van der Waals surface area contributed by atoms with Gasteiger partial charge in [-0.15, -0.1) is 11.3 Å². The molecule has 0 unspecified atom stereocenters. The average Bonchev–Trinajstić information content (AvgIpc) is 3.07. The zero-order valence-corrected chi connectivity index (χ0v) is 12.8. The Balaban J connectivity index is 1.70. The number of amides is 1. The summed E-state index contributed by atoms with van der Waals surface area (Å²) in [6, 6.07) is 8.94. The molecule has 7 heteroatoms. The quantitative estimate of drug-likeness (QED) is 0.933. The van der Waals surface area contributed by atoms with Crippen molar-refractivity contribution in [2.75, 3.05) is 11.5 Å². The maximum Gasteiger partial charge on any atom is 0.261 e. The molecule has 2 aromatic rings. The summed E-state index contributed by atoms with van der Waals surface area (Å²) in [5.74, 6) is -0.0250. The number of pyridine rings is 1. The number of sulfone groups is 1. The highest BCUT2D eigenvalue weighted by molar-refractivity contribution is 7.91. The third-order valence-electron chi connectivity index (χ3n) is 3.31. The van der Waals surface area contributed by atoms with Crippen LogP contribution in [0.4, 0.5) is 0 Å². The molecule has 110 valence electrons. The fraction of sp³-hybridized carbons (Fsp3) is 0.286. The molecule has 0 aliphatic carbocycles. The molecular weight excluding hydrogens is 308 g/mol. The summed E-state index contributed by atoms with van der Waals surface area (Å²) >= 11 is 1.35. The van der Waals surface area contributed by atoms with Crippen LogP contribution in [0.5, 0.6) is 0 Å². The van der Waals surface area contributed by atoms with Crippen molar-refractivity contribution >= 4 is 27.1 Å². The van der Waals surface area contributed by atoms with E-state index in [1.807, 2.05) is 24.3 Å². The van der Waals surface area contributed by atoms with Crippen molar-refractivity contribution in [1.29, 1.82) is 0 Å². The highest BCUT2D eigenvalue weighted by atomic mass is 32.2. The summed E-state index contributed by atoms with van der Waals surface area (Å²) in [4.78, 5) is 17.9. The Morgan fingerprint density at radius 3 is 2.81 bits per heavy atom. The first kappa shape index (κ1) is 14.2. The van der Waals surface area contributed by atoms with Crippen molar-refractivity contribution in [3.63, 3.8) is 0 Å². The van der Waals surface area contributed by atoms with Crippen LogP contribution in [0.1, 0.15) is 16.1 Å². The molecule has 0 bridgehead atoms. The lowest BCUT2D eigenvalue weighted by atomic mass is 10.2. The van der Waals surface area contributed by atoms with Crippen LogP contribution in [0.25, 0.3) is 10.6 Å². The first-order chi connectivity index (χ1) is 10.0. The van der Waals surface area contributed by atoms with Gasteiger partial charge in [0.15, 0.2) is 9.84 Å². The number of carbonyl (C=O) groups excluding carboxylic acids is 1. The van der Waals surface area contributed by atoms with Crippen molar-refractivity contribution in [3.8, 4) is 10.6 Å². The molecule has 21 heavy (non-hydrogen) atoms. The Morgan fingerprint density at radius 1 is 1.29 bits per heavy atom. The van der Waals surface area contributed by atoms with Gasteiger partial charge >= 0.3 is 0 Å². The van der Waals surface area contributed by atoms with Gasteiger partial charge in [-0.05, 0) is 30.7 Å². The minimum absolute atomic E-state index is 0.0389. The standard InChI is InChI=1S/C14H14N2O3S2/c17-14(16-10-6-8-21(18,19)9-10)13-5-4-12(20-13)11-3-1-2-7-15-11/h1-5,7,10H,6,8-9H2,(H,16,17)/t10-/m1/s1. The molecular formula is C14H14N2O3S2. The average molecular weight is 322 g/mol. The maximum atomic E-state index is 12.1.